The minimum atomic E-state index is 0.577. The molecule has 0 unspecified atom stereocenters. The first-order valence-electron chi connectivity index (χ1n) is 50.5. The Hall–Kier alpha value is -8.46. The van der Waals surface area contributed by atoms with E-state index in [1.807, 2.05) is 37.2 Å². The Labute approximate surface area is 766 Å². The van der Waals surface area contributed by atoms with Crippen LogP contribution in [0.2, 0.25) is 0 Å². The van der Waals surface area contributed by atoms with Crippen molar-refractivity contribution in [1.29, 1.82) is 0 Å². The maximum absolute atomic E-state index is 4.49. The van der Waals surface area contributed by atoms with E-state index in [9.17, 15) is 0 Å². The van der Waals surface area contributed by atoms with E-state index in [1.165, 1.54) is 289 Å². The van der Waals surface area contributed by atoms with Crippen LogP contribution in [-0.4, -0.2) is 43.0 Å². The lowest BCUT2D eigenvalue weighted by Gasteiger charge is -2.22. The van der Waals surface area contributed by atoms with Crippen molar-refractivity contribution in [3.63, 3.8) is 0 Å². The van der Waals surface area contributed by atoms with E-state index in [-0.39, 0.29) is 0 Å². The van der Waals surface area contributed by atoms with Crippen molar-refractivity contribution < 1.29 is 0 Å². The molecule has 2 N–H and O–H groups in total. The van der Waals surface area contributed by atoms with Gasteiger partial charge in [0.2, 0.25) is 0 Å². The van der Waals surface area contributed by atoms with Gasteiger partial charge < -0.3 is 10.6 Å². The van der Waals surface area contributed by atoms with Crippen LogP contribution in [0.1, 0.15) is 443 Å². The van der Waals surface area contributed by atoms with Gasteiger partial charge in [0, 0.05) is 91.1 Å². The highest BCUT2D eigenvalue weighted by Crippen LogP contribution is 2.37. The van der Waals surface area contributed by atoms with E-state index in [2.05, 4.69) is 288 Å². The van der Waals surface area contributed by atoms with E-state index in [0.717, 1.165) is 19.6 Å². The summed E-state index contributed by atoms with van der Waals surface area (Å²) in [4.78, 5) is 26.4. The van der Waals surface area contributed by atoms with Crippen LogP contribution in [0.5, 0.6) is 0 Å². The number of hydrogen-bond acceptors (Lipinski definition) is 8. The van der Waals surface area contributed by atoms with E-state index < -0.39 is 0 Å². The van der Waals surface area contributed by atoms with Crippen LogP contribution < -0.4 is 10.6 Å². The largest absolute Gasteiger partial charge is 0.385 e. The quantitative estimate of drug-likeness (QED) is 0.140. The summed E-state index contributed by atoms with van der Waals surface area (Å²) in [6, 6.07) is 35.7. The molecule has 0 saturated carbocycles. The number of anilines is 1. The van der Waals surface area contributed by atoms with Crippen LogP contribution in [0, 0.1) is 0 Å². The van der Waals surface area contributed by atoms with Gasteiger partial charge in [-0.15, -0.1) is 0 Å². The zero-order valence-electron chi connectivity index (χ0n) is 82.4. The molecule has 0 atom stereocenters. The molecule has 0 fully saturated rings. The van der Waals surface area contributed by atoms with Crippen LogP contribution in [0.4, 0.5) is 5.69 Å². The fourth-order valence-corrected chi connectivity index (χ4v) is 21.4. The third kappa shape index (κ3) is 26.9. The number of pyridine rings is 6. The smallest absolute Gasteiger partial charge is 0.0463 e. The minimum absolute atomic E-state index is 0.577. The SMILES string of the molecule is CC(C)c1cccc2c1CCC2.CC(C)c1cccc2c1CCCC2.CC(C)c1cccc2c1CCCN2.CC(C)c1cccc2c1CCNC2.CC(C)c1ccnc2c1CCC2.CC(C)c1ccnc2c1CCCC2.CC(C)c1cncc2c1CCC2.CC(C)c1cncc2c1CCCC2.CC(C)c1nccc2c1CCC2.CC(C)c1nccc2c1CCCC2. The zero-order chi connectivity index (χ0) is 89.8. The van der Waals surface area contributed by atoms with Gasteiger partial charge >= 0.3 is 0 Å². The molecule has 0 amide bonds. The highest BCUT2D eigenvalue weighted by Gasteiger charge is 2.25. The Morgan fingerprint density at radius 3 is 0.968 bits per heavy atom. The Kier molecular flexibility index (Phi) is 38.4. The van der Waals surface area contributed by atoms with Crippen molar-refractivity contribution in [3.05, 3.63) is 308 Å². The van der Waals surface area contributed by atoms with Crippen molar-refractivity contribution >= 4 is 5.69 Å². The van der Waals surface area contributed by atoms with Gasteiger partial charge in [-0.1, -0.05) is 205 Å². The van der Waals surface area contributed by atoms with Gasteiger partial charge in [-0.2, -0.15) is 0 Å². The summed E-state index contributed by atoms with van der Waals surface area (Å²) in [6.07, 6.45) is 56.0. The van der Waals surface area contributed by atoms with Gasteiger partial charge in [-0.05, 0) is 434 Å². The standard InChI is InChI=1S/C13H18.5C12H17N.C12H16.3C11H15N/c1-10(2)12-9-5-7-11-6-3-4-8-13(11)12;1-9(2)10-5-3-7-12-11(10)6-4-8-13-12;1-9(2)11-5-3-4-10-8-13-7-6-12(10)11;1-9(2)12-8-13-7-10-5-3-4-6-11(10)12;1-9(2)10-7-8-13-12-6-4-3-5-11(10)12;1-9(2)12-11-6-4-3-5-10(11)7-8-13-12;1-9(2)11-7-3-5-10-6-4-8-12(10)11;1-8(2)11-7-12-6-9-4-3-5-10(9)11;1-8(2)9-6-7-12-11-5-3-4-10(9)11;1-8(2)11-10-5-3-4-9(10)6-7-12-11/h5,7,9-10H,3-4,6,8H2,1-2H3;3,5,7,9,13H,4,6,8H2,1-2H3;3-5,9,13H,6-8H2,1-2H3;3*7-9H,3-6H2,1-2H3;3,5,7,9H,4,6,8H2,1-2H3;3*6-8H,3-5H2,1-2H3. The van der Waals surface area contributed by atoms with Crippen molar-refractivity contribution in [2.24, 2.45) is 0 Å². The number of aromatic nitrogens is 6. The van der Waals surface area contributed by atoms with E-state index in [1.54, 1.807) is 77.9 Å². The van der Waals surface area contributed by atoms with Crippen LogP contribution in [0.25, 0.3) is 0 Å². The molecule has 6 aromatic heterocycles. The van der Waals surface area contributed by atoms with Gasteiger partial charge in [-0.3, -0.25) is 29.9 Å². The molecule has 0 spiro atoms. The first-order chi connectivity index (χ1) is 60.9. The van der Waals surface area contributed by atoms with E-state index in [0.29, 0.717) is 59.2 Å². The second kappa shape index (κ2) is 49.4. The molecular formula is C118H164N8. The molecule has 8 heteroatoms. The molecule has 0 bridgehead atoms. The van der Waals surface area contributed by atoms with E-state index in [4.69, 9.17) is 0 Å². The van der Waals surface area contributed by atoms with Gasteiger partial charge in [-0.25, -0.2) is 0 Å². The summed E-state index contributed by atoms with van der Waals surface area (Å²) in [5, 5.41) is 6.86. The summed E-state index contributed by atoms with van der Waals surface area (Å²) in [6.45, 7) is 48.5. The molecule has 8 aliphatic carbocycles. The molecule has 20 rings (SSSR count). The Morgan fingerprint density at radius 2 is 0.516 bits per heavy atom. The Bertz CT molecular complexity index is 4310. The number of nitrogens with zero attached hydrogens (tertiary/aromatic N) is 6. The summed E-state index contributed by atoms with van der Waals surface area (Å²) in [7, 11) is 0. The molecule has 8 heterocycles. The molecule has 10 aromatic rings. The summed E-state index contributed by atoms with van der Waals surface area (Å²) < 4.78 is 0. The average Bonchev–Trinajstić information content (AvgIpc) is 1.79. The molecule has 0 saturated heterocycles. The van der Waals surface area contributed by atoms with Crippen molar-refractivity contribution in [2.45, 2.75) is 403 Å². The monoisotopic (exact) mass is 1690 g/mol. The minimum Gasteiger partial charge on any atom is -0.385 e. The molecule has 0 radical (unpaired) electrons. The molecular weight excluding hydrogens is 1530 g/mol. The van der Waals surface area contributed by atoms with Crippen molar-refractivity contribution in [2.75, 3.05) is 18.4 Å². The third-order valence-corrected chi connectivity index (χ3v) is 28.0. The maximum atomic E-state index is 4.49. The van der Waals surface area contributed by atoms with Crippen LogP contribution >= 0.6 is 0 Å². The lowest BCUT2D eigenvalue weighted by molar-refractivity contribution is 0.634. The van der Waals surface area contributed by atoms with Gasteiger partial charge in [0.1, 0.15) is 0 Å². The second-order valence-electron chi connectivity index (χ2n) is 40.6. The molecule has 126 heavy (non-hydrogen) atoms. The zero-order valence-corrected chi connectivity index (χ0v) is 82.4. The summed E-state index contributed by atoms with van der Waals surface area (Å²) in [5.74, 6) is 6.40. The number of nitrogens with one attached hydrogen (secondary N) is 2. The second-order valence-corrected chi connectivity index (χ2v) is 40.6. The number of rotatable bonds is 10. The molecule has 4 aromatic carbocycles. The average molecular weight is 1690 g/mol. The van der Waals surface area contributed by atoms with Crippen LogP contribution in [-0.2, 0) is 122 Å². The number of fused-ring (bicyclic) bond motifs is 10. The lowest BCUT2D eigenvalue weighted by Crippen LogP contribution is -2.24. The highest BCUT2D eigenvalue weighted by atomic mass is 14.9. The fraction of sp³-hybridized carbons (Fsp3) is 0.542. The fourth-order valence-electron chi connectivity index (χ4n) is 21.4. The first kappa shape index (κ1) is 98.1. The highest BCUT2D eigenvalue weighted by molar-refractivity contribution is 5.57. The van der Waals surface area contributed by atoms with Crippen molar-refractivity contribution in [1.82, 2.24) is 35.2 Å². The van der Waals surface area contributed by atoms with Crippen LogP contribution in [0.15, 0.2) is 147 Å². The molecule has 676 valence electrons. The third-order valence-electron chi connectivity index (χ3n) is 28.0. The maximum Gasteiger partial charge on any atom is 0.0463 e. The molecule has 8 nitrogen and oxygen atoms in total. The van der Waals surface area contributed by atoms with Gasteiger partial charge in [0.15, 0.2) is 0 Å². The lowest BCUT2D eigenvalue weighted by atomic mass is 9.85. The van der Waals surface area contributed by atoms with Gasteiger partial charge in [0.25, 0.3) is 0 Å². The number of aryl methyl sites for hydroxylation is 8. The number of benzene rings is 4. The normalized spacial score (nSPS) is 15.6. The predicted molar refractivity (Wildman–Crippen MR) is 539 cm³/mol. The van der Waals surface area contributed by atoms with E-state index >= 15 is 0 Å². The molecule has 10 aliphatic rings. The summed E-state index contributed by atoms with van der Waals surface area (Å²) >= 11 is 0. The van der Waals surface area contributed by atoms with Crippen molar-refractivity contribution in [3.8, 4) is 0 Å². The summed E-state index contributed by atoms with van der Waals surface area (Å²) in [5.41, 5.74) is 45.4. The topological polar surface area (TPSA) is 101 Å². The predicted octanol–water partition coefficient (Wildman–Crippen LogP) is 29.9. The van der Waals surface area contributed by atoms with Crippen LogP contribution in [0.3, 0.4) is 0 Å². The number of hydrogen-bond donors (Lipinski definition) is 2. The Balaban J connectivity index is 0.000000136. The molecule has 2 aliphatic heterocycles. The Morgan fingerprint density at radius 1 is 0.214 bits per heavy atom. The first-order valence-corrected chi connectivity index (χ1v) is 50.5. The van der Waals surface area contributed by atoms with Gasteiger partial charge in [0.05, 0.1) is 0 Å².